The van der Waals surface area contributed by atoms with E-state index in [9.17, 15) is 0 Å². The first-order valence-electron chi connectivity index (χ1n) is 6.30. The fourth-order valence-corrected chi connectivity index (χ4v) is 3.36. The normalized spacial score (nSPS) is 30.9. The summed E-state index contributed by atoms with van der Waals surface area (Å²) in [6.07, 6.45) is 2.36. The molecule has 3 unspecified atom stereocenters. The number of ether oxygens (including phenoxy) is 1. The second kappa shape index (κ2) is 5.40. The average molecular weight is 333 g/mol. The second-order valence-corrected chi connectivity index (χ2v) is 6.44. The minimum absolute atomic E-state index is 0.186. The Balaban J connectivity index is 2.11. The molecule has 1 aromatic carbocycles. The zero-order chi connectivity index (χ0) is 13.3. The van der Waals surface area contributed by atoms with Gasteiger partial charge < -0.3 is 10.1 Å². The van der Waals surface area contributed by atoms with Gasteiger partial charge >= 0.3 is 0 Å². The molecule has 0 heterocycles. The predicted octanol–water partition coefficient (Wildman–Crippen LogP) is 4.26. The highest BCUT2D eigenvalue weighted by molar-refractivity contribution is 9.10. The second-order valence-electron chi connectivity index (χ2n) is 5.12. The predicted molar refractivity (Wildman–Crippen MR) is 79.4 cm³/mol. The maximum atomic E-state index is 6.19. The van der Waals surface area contributed by atoms with Crippen LogP contribution in [0.25, 0.3) is 0 Å². The monoisotopic (exact) mass is 331 g/mol. The highest BCUT2D eigenvalue weighted by Gasteiger charge is 2.51. The van der Waals surface area contributed by atoms with Gasteiger partial charge in [0.15, 0.2) is 0 Å². The number of hydrogen-bond acceptors (Lipinski definition) is 2. The molecule has 18 heavy (non-hydrogen) atoms. The van der Waals surface area contributed by atoms with Crippen LogP contribution in [0.1, 0.15) is 26.7 Å². The molecule has 4 heteroatoms. The van der Waals surface area contributed by atoms with E-state index in [0.29, 0.717) is 11.1 Å². The first-order valence-corrected chi connectivity index (χ1v) is 7.47. The summed E-state index contributed by atoms with van der Waals surface area (Å²) in [6, 6.07) is 6.28. The van der Waals surface area contributed by atoms with Crippen molar-refractivity contribution >= 4 is 27.5 Å². The van der Waals surface area contributed by atoms with Crippen molar-refractivity contribution in [3.8, 4) is 5.75 Å². The van der Waals surface area contributed by atoms with Gasteiger partial charge in [-0.25, -0.2) is 0 Å². The molecule has 1 fully saturated rings. The molecule has 2 rings (SSSR count). The molecule has 0 aliphatic heterocycles. The molecule has 0 bridgehead atoms. The molecular formula is C14H19BrClNO. The Morgan fingerprint density at radius 3 is 2.83 bits per heavy atom. The van der Waals surface area contributed by atoms with Crippen molar-refractivity contribution in [1.29, 1.82) is 0 Å². The van der Waals surface area contributed by atoms with E-state index >= 15 is 0 Å². The summed E-state index contributed by atoms with van der Waals surface area (Å²) in [4.78, 5) is 0. The van der Waals surface area contributed by atoms with Gasteiger partial charge in [-0.1, -0.05) is 41.4 Å². The Labute approximate surface area is 122 Å². The van der Waals surface area contributed by atoms with Crippen LogP contribution in [0.4, 0.5) is 0 Å². The first kappa shape index (κ1) is 14.2. The van der Waals surface area contributed by atoms with Crippen LogP contribution >= 0.6 is 27.5 Å². The quantitative estimate of drug-likeness (QED) is 0.889. The molecule has 2 nitrogen and oxygen atoms in total. The lowest BCUT2D eigenvalue weighted by atomic mass is 9.61. The van der Waals surface area contributed by atoms with E-state index in [1.807, 2.05) is 25.2 Å². The SMILES string of the molecule is CCC1(C)C(NC)CC1Oc1ccc(Br)cc1Cl. The van der Waals surface area contributed by atoms with E-state index < -0.39 is 0 Å². The molecule has 1 aromatic rings. The van der Waals surface area contributed by atoms with E-state index in [-0.39, 0.29) is 11.5 Å². The topological polar surface area (TPSA) is 21.3 Å². The van der Waals surface area contributed by atoms with E-state index in [2.05, 4.69) is 35.1 Å². The summed E-state index contributed by atoms with van der Waals surface area (Å²) in [6.45, 7) is 4.48. The number of halogens is 2. The van der Waals surface area contributed by atoms with Crippen molar-refractivity contribution < 1.29 is 4.74 Å². The molecule has 0 saturated heterocycles. The van der Waals surface area contributed by atoms with Crippen LogP contribution in [0.3, 0.4) is 0 Å². The van der Waals surface area contributed by atoms with Crippen LogP contribution in [-0.4, -0.2) is 19.2 Å². The third kappa shape index (κ3) is 2.40. The van der Waals surface area contributed by atoms with Gasteiger partial charge in [-0.15, -0.1) is 0 Å². The first-order chi connectivity index (χ1) is 8.51. The van der Waals surface area contributed by atoms with Gasteiger partial charge in [0.25, 0.3) is 0 Å². The van der Waals surface area contributed by atoms with Gasteiger partial charge in [0.2, 0.25) is 0 Å². The fourth-order valence-electron chi connectivity index (χ4n) is 2.64. The van der Waals surface area contributed by atoms with Crippen LogP contribution in [-0.2, 0) is 0 Å². The lowest BCUT2D eigenvalue weighted by molar-refractivity contribution is -0.0676. The van der Waals surface area contributed by atoms with Crippen LogP contribution < -0.4 is 10.1 Å². The summed E-state index contributed by atoms with van der Waals surface area (Å²) in [5.41, 5.74) is 0.186. The van der Waals surface area contributed by atoms with Gasteiger partial charge in [0.05, 0.1) is 5.02 Å². The summed E-state index contributed by atoms with van der Waals surface area (Å²) in [7, 11) is 2.02. The summed E-state index contributed by atoms with van der Waals surface area (Å²) in [5, 5.41) is 4.02. The molecule has 1 saturated carbocycles. The maximum absolute atomic E-state index is 6.19. The molecule has 3 atom stereocenters. The minimum Gasteiger partial charge on any atom is -0.488 e. The number of hydrogen-bond donors (Lipinski definition) is 1. The standard InChI is InChI=1S/C14H19BrClNO/c1-4-14(2)12(17-3)8-13(14)18-11-6-5-9(15)7-10(11)16/h5-7,12-13,17H,4,8H2,1-3H3. The third-order valence-electron chi connectivity index (χ3n) is 4.25. The summed E-state index contributed by atoms with van der Waals surface area (Å²) >= 11 is 9.59. The molecule has 0 spiro atoms. The average Bonchev–Trinajstić information content (AvgIpc) is 2.35. The van der Waals surface area contributed by atoms with Crippen LogP contribution in [0.2, 0.25) is 5.02 Å². The van der Waals surface area contributed by atoms with Gasteiger partial charge in [0.1, 0.15) is 11.9 Å². The van der Waals surface area contributed by atoms with Gasteiger partial charge in [-0.05, 0) is 31.7 Å². The highest BCUT2D eigenvalue weighted by atomic mass is 79.9. The molecule has 100 valence electrons. The van der Waals surface area contributed by atoms with Crippen LogP contribution in [0, 0.1) is 5.41 Å². The summed E-state index contributed by atoms with van der Waals surface area (Å²) < 4.78 is 7.05. The van der Waals surface area contributed by atoms with Gasteiger partial charge in [-0.2, -0.15) is 0 Å². The number of nitrogens with one attached hydrogen (secondary N) is 1. The van der Waals surface area contributed by atoms with E-state index in [1.165, 1.54) is 0 Å². The van der Waals surface area contributed by atoms with Crippen molar-refractivity contribution in [3.05, 3.63) is 27.7 Å². The number of rotatable bonds is 4. The lowest BCUT2D eigenvalue weighted by Crippen LogP contribution is -2.62. The Kier molecular flexibility index (Phi) is 4.25. The van der Waals surface area contributed by atoms with Gasteiger partial charge in [0, 0.05) is 22.4 Å². The Morgan fingerprint density at radius 1 is 1.56 bits per heavy atom. The molecular weight excluding hydrogens is 314 g/mol. The Morgan fingerprint density at radius 2 is 2.28 bits per heavy atom. The molecule has 0 amide bonds. The van der Waals surface area contributed by atoms with Crippen molar-refractivity contribution in [2.24, 2.45) is 5.41 Å². The van der Waals surface area contributed by atoms with Gasteiger partial charge in [-0.3, -0.25) is 0 Å². The van der Waals surface area contributed by atoms with Crippen molar-refractivity contribution in [2.75, 3.05) is 7.05 Å². The Bertz CT molecular complexity index is 440. The molecule has 1 aliphatic carbocycles. The third-order valence-corrected chi connectivity index (χ3v) is 5.04. The largest absolute Gasteiger partial charge is 0.488 e. The molecule has 1 aliphatic rings. The highest BCUT2D eigenvalue weighted by Crippen LogP contribution is 2.46. The Hall–Kier alpha value is -0.250. The van der Waals surface area contributed by atoms with Crippen molar-refractivity contribution in [2.45, 2.75) is 38.8 Å². The fraction of sp³-hybridized carbons (Fsp3) is 0.571. The van der Waals surface area contributed by atoms with Crippen molar-refractivity contribution in [1.82, 2.24) is 5.32 Å². The smallest absolute Gasteiger partial charge is 0.138 e. The zero-order valence-electron chi connectivity index (χ0n) is 11.0. The molecule has 0 radical (unpaired) electrons. The van der Waals surface area contributed by atoms with Crippen LogP contribution in [0.5, 0.6) is 5.75 Å². The molecule has 0 aromatic heterocycles. The lowest BCUT2D eigenvalue weighted by Gasteiger charge is -2.53. The number of benzene rings is 1. The van der Waals surface area contributed by atoms with E-state index in [1.54, 1.807) is 0 Å². The maximum Gasteiger partial charge on any atom is 0.138 e. The molecule has 1 N–H and O–H groups in total. The van der Waals surface area contributed by atoms with Crippen molar-refractivity contribution in [3.63, 3.8) is 0 Å². The zero-order valence-corrected chi connectivity index (χ0v) is 13.3. The van der Waals surface area contributed by atoms with E-state index in [4.69, 9.17) is 16.3 Å². The minimum atomic E-state index is 0.186. The summed E-state index contributed by atoms with van der Waals surface area (Å²) in [5.74, 6) is 0.777. The van der Waals surface area contributed by atoms with Crippen LogP contribution in [0.15, 0.2) is 22.7 Å². The van der Waals surface area contributed by atoms with E-state index in [0.717, 1.165) is 23.1 Å².